The number of fused-ring (bicyclic) bond motifs is 1. The normalized spacial score (nSPS) is 10.6. The van der Waals surface area contributed by atoms with Crippen LogP contribution in [0.3, 0.4) is 0 Å². The number of nitrogens with one attached hydrogen (secondary N) is 1. The molecule has 7 heteroatoms. The number of carbonyl (C=O) groups is 2. The van der Waals surface area contributed by atoms with Crippen LogP contribution in [-0.2, 0) is 16.1 Å². The first kappa shape index (κ1) is 20.1. The van der Waals surface area contributed by atoms with Crippen molar-refractivity contribution in [3.63, 3.8) is 0 Å². The van der Waals surface area contributed by atoms with Gasteiger partial charge in [-0.3, -0.25) is 9.59 Å². The van der Waals surface area contributed by atoms with E-state index in [1.165, 1.54) is 6.20 Å². The molecule has 0 bridgehead atoms. The second-order valence-electron chi connectivity index (χ2n) is 6.26. The molecule has 29 heavy (non-hydrogen) atoms. The number of hydrogen-bond donors (Lipinski definition) is 1. The number of amides is 1. The minimum atomic E-state index is -0.660. The molecular weight excluding hydrogens is 372 g/mol. The number of ether oxygens (including phenoxy) is 2. The van der Waals surface area contributed by atoms with Gasteiger partial charge in [-0.25, -0.2) is 4.79 Å². The molecule has 1 amide bonds. The standard InChI is InChI=1S/C22H22N2O5/c1-3-24-13-18(22(27)28-4-2)21(26)17-12-15(10-11-19(17)24)23-20(25)14-29-16-8-6-5-7-9-16/h5-13H,3-4,14H2,1-2H3,(H,23,25). The molecule has 0 unspecified atom stereocenters. The Hall–Kier alpha value is -3.61. The van der Waals surface area contributed by atoms with Gasteiger partial charge in [0.1, 0.15) is 11.3 Å². The van der Waals surface area contributed by atoms with Crippen LogP contribution in [0.1, 0.15) is 24.2 Å². The molecule has 150 valence electrons. The summed E-state index contributed by atoms with van der Waals surface area (Å²) in [6.45, 7) is 4.18. The van der Waals surface area contributed by atoms with E-state index in [1.54, 1.807) is 41.8 Å². The second-order valence-corrected chi connectivity index (χ2v) is 6.26. The Labute approximate surface area is 167 Å². The molecule has 2 aromatic carbocycles. The number of hydrogen-bond acceptors (Lipinski definition) is 5. The molecule has 0 radical (unpaired) electrons. The van der Waals surface area contributed by atoms with Crippen LogP contribution in [0.4, 0.5) is 5.69 Å². The van der Waals surface area contributed by atoms with Crippen LogP contribution >= 0.6 is 0 Å². The summed E-state index contributed by atoms with van der Waals surface area (Å²) in [4.78, 5) is 37.1. The van der Waals surface area contributed by atoms with E-state index in [1.807, 2.05) is 25.1 Å². The van der Waals surface area contributed by atoms with Crippen LogP contribution in [0.15, 0.2) is 59.5 Å². The lowest BCUT2D eigenvalue weighted by atomic mass is 10.1. The topological polar surface area (TPSA) is 86.6 Å². The maximum Gasteiger partial charge on any atom is 0.343 e. The quantitative estimate of drug-likeness (QED) is 0.622. The first-order chi connectivity index (χ1) is 14.0. The van der Waals surface area contributed by atoms with E-state index < -0.39 is 11.4 Å². The van der Waals surface area contributed by atoms with Gasteiger partial charge in [0.2, 0.25) is 5.43 Å². The van der Waals surface area contributed by atoms with Gasteiger partial charge in [-0.1, -0.05) is 18.2 Å². The largest absolute Gasteiger partial charge is 0.484 e. The van der Waals surface area contributed by atoms with Crippen LogP contribution in [-0.4, -0.2) is 29.7 Å². The molecule has 0 fully saturated rings. The Morgan fingerprint density at radius 1 is 1.07 bits per heavy atom. The number of aromatic nitrogens is 1. The molecule has 0 saturated carbocycles. The van der Waals surface area contributed by atoms with Crippen molar-refractivity contribution < 1.29 is 19.1 Å². The van der Waals surface area contributed by atoms with Gasteiger partial charge in [0.05, 0.1) is 12.1 Å². The van der Waals surface area contributed by atoms with Crippen molar-refractivity contribution in [3.8, 4) is 5.75 Å². The van der Waals surface area contributed by atoms with E-state index in [4.69, 9.17) is 9.47 Å². The summed E-state index contributed by atoms with van der Waals surface area (Å²) in [7, 11) is 0. The number of pyridine rings is 1. The Kier molecular flexibility index (Phi) is 6.29. The summed E-state index contributed by atoms with van der Waals surface area (Å²) < 4.78 is 12.2. The highest BCUT2D eigenvalue weighted by molar-refractivity contribution is 5.97. The van der Waals surface area contributed by atoms with E-state index in [0.717, 1.165) is 0 Å². The van der Waals surface area contributed by atoms with E-state index in [0.29, 0.717) is 28.9 Å². The van der Waals surface area contributed by atoms with Crippen LogP contribution in [0.2, 0.25) is 0 Å². The predicted octanol–water partition coefficient (Wildman–Crippen LogP) is 3.22. The van der Waals surface area contributed by atoms with E-state index in [9.17, 15) is 14.4 Å². The minimum absolute atomic E-state index is 0.0305. The minimum Gasteiger partial charge on any atom is -0.484 e. The fourth-order valence-electron chi connectivity index (χ4n) is 2.95. The van der Waals surface area contributed by atoms with Crippen molar-refractivity contribution in [2.45, 2.75) is 20.4 Å². The number of aryl methyl sites for hydroxylation is 1. The van der Waals surface area contributed by atoms with Crippen LogP contribution in [0.5, 0.6) is 5.75 Å². The molecule has 0 spiro atoms. The molecule has 0 aliphatic heterocycles. The third-order valence-corrected chi connectivity index (χ3v) is 4.31. The second kappa shape index (κ2) is 9.05. The fraction of sp³-hybridized carbons (Fsp3) is 0.227. The van der Waals surface area contributed by atoms with Crippen LogP contribution in [0.25, 0.3) is 10.9 Å². The summed E-state index contributed by atoms with van der Waals surface area (Å²) in [5.41, 5.74) is 0.654. The molecule has 0 saturated heterocycles. The average Bonchev–Trinajstić information content (AvgIpc) is 2.74. The maximum absolute atomic E-state index is 12.8. The molecule has 3 rings (SSSR count). The number of benzene rings is 2. The van der Waals surface area contributed by atoms with Gasteiger partial charge in [-0.2, -0.15) is 0 Å². The molecule has 1 heterocycles. The predicted molar refractivity (Wildman–Crippen MR) is 110 cm³/mol. The first-order valence-electron chi connectivity index (χ1n) is 9.35. The smallest absolute Gasteiger partial charge is 0.343 e. The third-order valence-electron chi connectivity index (χ3n) is 4.31. The van der Waals surface area contributed by atoms with Crippen molar-refractivity contribution in [1.29, 1.82) is 0 Å². The lowest BCUT2D eigenvalue weighted by Crippen LogP contribution is -2.22. The summed E-state index contributed by atoms with van der Waals surface area (Å²) in [6, 6.07) is 14.0. The number of esters is 1. The lowest BCUT2D eigenvalue weighted by Gasteiger charge is -2.13. The molecule has 0 aliphatic rings. The highest BCUT2D eigenvalue weighted by atomic mass is 16.5. The molecule has 7 nitrogen and oxygen atoms in total. The lowest BCUT2D eigenvalue weighted by molar-refractivity contribution is -0.118. The summed E-state index contributed by atoms with van der Waals surface area (Å²) in [5.74, 6) is -0.427. The van der Waals surface area contributed by atoms with Gasteiger partial charge in [0.25, 0.3) is 5.91 Å². The van der Waals surface area contributed by atoms with E-state index in [2.05, 4.69) is 5.32 Å². The Morgan fingerprint density at radius 2 is 1.83 bits per heavy atom. The summed E-state index contributed by atoms with van der Waals surface area (Å²) in [6.07, 6.45) is 1.51. The monoisotopic (exact) mass is 394 g/mol. The maximum atomic E-state index is 12.8. The number of para-hydroxylation sites is 1. The number of nitrogens with zero attached hydrogens (tertiary/aromatic N) is 1. The highest BCUT2D eigenvalue weighted by Gasteiger charge is 2.17. The molecule has 0 aliphatic carbocycles. The number of rotatable bonds is 7. The van der Waals surface area contributed by atoms with Crippen LogP contribution < -0.4 is 15.5 Å². The van der Waals surface area contributed by atoms with Crippen molar-refractivity contribution in [1.82, 2.24) is 4.57 Å². The van der Waals surface area contributed by atoms with Crippen molar-refractivity contribution in [2.24, 2.45) is 0 Å². The molecule has 0 atom stereocenters. The Bertz CT molecular complexity index is 1090. The van der Waals surface area contributed by atoms with E-state index in [-0.39, 0.29) is 24.7 Å². The molecular formula is C22H22N2O5. The Morgan fingerprint density at radius 3 is 2.52 bits per heavy atom. The SMILES string of the molecule is CCOC(=O)c1cn(CC)c2ccc(NC(=O)COc3ccccc3)cc2c1=O. The van der Waals surface area contributed by atoms with Gasteiger partial charge < -0.3 is 19.4 Å². The summed E-state index contributed by atoms with van der Waals surface area (Å²) in [5, 5.41) is 3.05. The van der Waals surface area contributed by atoms with Gasteiger partial charge in [0, 0.05) is 23.8 Å². The zero-order chi connectivity index (χ0) is 20.8. The van der Waals surface area contributed by atoms with Gasteiger partial charge in [-0.05, 0) is 44.2 Å². The summed E-state index contributed by atoms with van der Waals surface area (Å²) >= 11 is 0. The highest BCUT2D eigenvalue weighted by Crippen LogP contribution is 2.18. The molecule has 3 aromatic rings. The molecule has 1 N–H and O–H groups in total. The average molecular weight is 394 g/mol. The fourth-order valence-corrected chi connectivity index (χ4v) is 2.95. The Balaban J connectivity index is 1.86. The van der Waals surface area contributed by atoms with Crippen molar-refractivity contribution >= 4 is 28.5 Å². The third kappa shape index (κ3) is 4.63. The number of carbonyl (C=O) groups excluding carboxylic acids is 2. The van der Waals surface area contributed by atoms with Gasteiger partial charge in [0.15, 0.2) is 6.61 Å². The van der Waals surface area contributed by atoms with Crippen molar-refractivity contribution in [2.75, 3.05) is 18.5 Å². The molecule has 1 aromatic heterocycles. The van der Waals surface area contributed by atoms with Crippen LogP contribution in [0, 0.1) is 0 Å². The van der Waals surface area contributed by atoms with Crippen molar-refractivity contribution in [3.05, 3.63) is 70.5 Å². The number of anilines is 1. The zero-order valence-corrected chi connectivity index (χ0v) is 16.3. The van der Waals surface area contributed by atoms with Gasteiger partial charge >= 0.3 is 5.97 Å². The first-order valence-corrected chi connectivity index (χ1v) is 9.35. The van der Waals surface area contributed by atoms with Gasteiger partial charge in [-0.15, -0.1) is 0 Å². The zero-order valence-electron chi connectivity index (χ0n) is 16.3. The van der Waals surface area contributed by atoms with E-state index >= 15 is 0 Å².